The summed E-state index contributed by atoms with van der Waals surface area (Å²) < 4.78 is 0. The maximum absolute atomic E-state index is 12.4. The number of carbonyl (C=O) groups excluding carboxylic acids is 2. The topological polar surface area (TPSA) is 46.2 Å². The van der Waals surface area contributed by atoms with Gasteiger partial charge in [-0.3, -0.25) is 14.9 Å². The van der Waals surface area contributed by atoms with Crippen LogP contribution in [0.25, 0.3) is 0 Å². The molecule has 1 spiro atoms. The molecule has 1 aliphatic heterocycles. The van der Waals surface area contributed by atoms with Gasteiger partial charge in [-0.2, -0.15) is 0 Å². The number of nitrogens with one attached hydrogen (secondary N) is 1. The second kappa shape index (κ2) is 4.48. The van der Waals surface area contributed by atoms with Crippen LogP contribution in [0.5, 0.6) is 0 Å². The Hall–Kier alpha value is -1.64. The number of rotatable bonds is 1. The van der Waals surface area contributed by atoms with Gasteiger partial charge in [-0.15, -0.1) is 0 Å². The van der Waals surface area contributed by atoms with Gasteiger partial charge in [-0.1, -0.05) is 50.1 Å². The zero-order chi connectivity index (χ0) is 13.5. The van der Waals surface area contributed by atoms with Crippen LogP contribution in [0.1, 0.15) is 44.1 Å². The first kappa shape index (κ1) is 12.4. The number of carbonyl (C=O) groups is 2. The predicted molar refractivity (Wildman–Crippen MR) is 72.4 cm³/mol. The van der Waals surface area contributed by atoms with Gasteiger partial charge in [0.2, 0.25) is 11.8 Å². The number of imide groups is 1. The molecule has 3 nitrogen and oxygen atoms in total. The summed E-state index contributed by atoms with van der Waals surface area (Å²) in [5.74, 6) is 0.0266. The average Bonchev–Trinajstić information content (AvgIpc) is 2.71. The van der Waals surface area contributed by atoms with Crippen molar-refractivity contribution in [2.24, 2.45) is 11.3 Å². The third-order valence-electron chi connectivity index (χ3n) is 4.98. The van der Waals surface area contributed by atoms with E-state index in [1.165, 1.54) is 0 Å². The maximum atomic E-state index is 12.4. The van der Waals surface area contributed by atoms with Crippen LogP contribution in [-0.2, 0) is 9.59 Å². The van der Waals surface area contributed by atoms with E-state index in [9.17, 15) is 9.59 Å². The SMILES string of the molecule is CC1CCCC12CC(=O)NC(=O)C2c1ccccc1. The molecule has 2 amide bonds. The summed E-state index contributed by atoms with van der Waals surface area (Å²) >= 11 is 0. The molecule has 2 fully saturated rings. The predicted octanol–water partition coefficient (Wildman–Crippen LogP) is 2.62. The molecule has 1 heterocycles. The van der Waals surface area contributed by atoms with Crippen LogP contribution >= 0.6 is 0 Å². The van der Waals surface area contributed by atoms with E-state index in [4.69, 9.17) is 0 Å². The Morgan fingerprint density at radius 2 is 1.95 bits per heavy atom. The molecule has 0 radical (unpaired) electrons. The molecule has 2 aliphatic rings. The van der Waals surface area contributed by atoms with E-state index >= 15 is 0 Å². The molecule has 0 bridgehead atoms. The Balaban J connectivity index is 2.07. The lowest BCUT2D eigenvalue weighted by molar-refractivity contribution is -0.141. The van der Waals surface area contributed by atoms with Crippen LogP contribution < -0.4 is 5.32 Å². The molecule has 100 valence electrons. The van der Waals surface area contributed by atoms with Crippen LogP contribution in [0.4, 0.5) is 0 Å². The molecule has 1 aromatic rings. The van der Waals surface area contributed by atoms with E-state index in [1.807, 2.05) is 30.3 Å². The second-order valence-corrected chi connectivity index (χ2v) is 5.96. The molecule has 1 N–H and O–H groups in total. The molecule has 3 heteroatoms. The molecule has 1 saturated carbocycles. The van der Waals surface area contributed by atoms with Gasteiger partial charge in [0.05, 0.1) is 5.92 Å². The largest absolute Gasteiger partial charge is 0.296 e. The fraction of sp³-hybridized carbons (Fsp3) is 0.500. The molecule has 3 unspecified atom stereocenters. The lowest BCUT2D eigenvalue weighted by atomic mass is 9.62. The summed E-state index contributed by atoms with van der Waals surface area (Å²) in [6.45, 7) is 2.19. The van der Waals surface area contributed by atoms with Crippen molar-refractivity contribution in [3.63, 3.8) is 0 Å². The van der Waals surface area contributed by atoms with Crippen molar-refractivity contribution < 1.29 is 9.59 Å². The summed E-state index contributed by atoms with van der Waals surface area (Å²) in [6.07, 6.45) is 3.70. The van der Waals surface area contributed by atoms with Crippen molar-refractivity contribution in [2.45, 2.75) is 38.5 Å². The molecule has 1 aliphatic carbocycles. The van der Waals surface area contributed by atoms with Crippen molar-refractivity contribution in [1.29, 1.82) is 0 Å². The van der Waals surface area contributed by atoms with Crippen LogP contribution in [0.15, 0.2) is 30.3 Å². The Morgan fingerprint density at radius 3 is 2.58 bits per heavy atom. The summed E-state index contributed by atoms with van der Waals surface area (Å²) in [4.78, 5) is 24.2. The molecule has 19 heavy (non-hydrogen) atoms. The van der Waals surface area contributed by atoms with E-state index in [0.717, 1.165) is 24.8 Å². The standard InChI is InChI=1S/C16H19NO2/c1-11-6-5-9-16(11)10-13(18)17-15(19)14(16)12-7-3-2-4-8-12/h2-4,7-8,11,14H,5-6,9-10H2,1H3,(H,17,18,19). The molecule has 0 aromatic heterocycles. The molecule has 3 atom stereocenters. The zero-order valence-corrected chi connectivity index (χ0v) is 11.2. The molecular formula is C16H19NO2. The highest BCUT2D eigenvalue weighted by molar-refractivity contribution is 6.02. The Labute approximate surface area is 113 Å². The first-order valence-electron chi connectivity index (χ1n) is 7.02. The second-order valence-electron chi connectivity index (χ2n) is 5.96. The zero-order valence-electron chi connectivity index (χ0n) is 11.2. The number of amides is 2. The Morgan fingerprint density at radius 1 is 1.21 bits per heavy atom. The van der Waals surface area contributed by atoms with Crippen LogP contribution in [-0.4, -0.2) is 11.8 Å². The van der Waals surface area contributed by atoms with Crippen LogP contribution in [0, 0.1) is 11.3 Å². The number of benzene rings is 1. The number of piperidine rings is 1. The van der Waals surface area contributed by atoms with E-state index in [0.29, 0.717) is 12.3 Å². The van der Waals surface area contributed by atoms with Gasteiger partial charge in [0.15, 0.2) is 0 Å². The van der Waals surface area contributed by atoms with Crippen molar-refractivity contribution in [3.05, 3.63) is 35.9 Å². The van der Waals surface area contributed by atoms with E-state index < -0.39 is 0 Å². The van der Waals surface area contributed by atoms with Crippen LogP contribution in [0.2, 0.25) is 0 Å². The minimum Gasteiger partial charge on any atom is -0.296 e. The van der Waals surface area contributed by atoms with Crippen molar-refractivity contribution in [3.8, 4) is 0 Å². The van der Waals surface area contributed by atoms with Gasteiger partial charge in [0.25, 0.3) is 0 Å². The Bertz CT molecular complexity index is 511. The number of hydrogen-bond acceptors (Lipinski definition) is 2. The number of hydrogen-bond donors (Lipinski definition) is 1. The van der Waals surface area contributed by atoms with Crippen LogP contribution in [0.3, 0.4) is 0 Å². The summed E-state index contributed by atoms with van der Waals surface area (Å²) in [5, 5.41) is 2.52. The average molecular weight is 257 g/mol. The normalized spacial score (nSPS) is 34.6. The van der Waals surface area contributed by atoms with E-state index in [-0.39, 0.29) is 23.1 Å². The van der Waals surface area contributed by atoms with Gasteiger partial charge in [-0.05, 0) is 23.3 Å². The Kier molecular flexibility index (Phi) is 2.92. The van der Waals surface area contributed by atoms with Crippen molar-refractivity contribution in [1.82, 2.24) is 5.32 Å². The summed E-state index contributed by atoms with van der Waals surface area (Å²) in [7, 11) is 0. The lowest BCUT2D eigenvalue weighted by Crippen LogP contribution is -2.51. The molecule has 3 rings (SSSR count). The fourth-order valence-corrected chi connectivity index (χ4v) is 4.01. The first-order valence-corrected chi connectivity index (χ1v) is 7.02. The van der Waals surface area contributed by atoms with Gasteiger partial charge < -0.3 is 0 Å². The highest BCUT2D eigenvalue weighted by Crippen LogP contribution is 2.56. The van der Waals surface area contributed by atoms with Gasteiger partial charge in [-0.25, -0.2) is 0 Å². The molecular weight excluding hydrogens is 238 g/mol. The summed E-state index contributed by atoms with van der Waals surface area (Å²) in [5.41, 5.74) is 0.877. The quantitative estimate of drug-likeness (QED) is 0.786. The summed E-state index contributed by atoms with van der Waals surface area (Å²) in [6, 6.07) is 9.90. The van der Waals surface area contributed by atoms with E-state index in [1.54, 1.807) is 0 Å². The fourth-order valence-electron chi connectivity index (χ4n) is 4.01. The smallest absolute Gasteiger partial charge is 0.234 e. The third-order valence-corrected chi connectivity index (χ3v) is 4.98. The van der Waals surface area contributed by atoms with Gasteiger partial charge >= 0.3 is 0 Å². The van der Waals surface area contributed by atoms with Crippen molar-refractivity contribution >= 4 is 11.8 Å². The highest BCUT2D eigenvalue weighted by Gasteiger charge is 2.53. The van der Waals surface area contributed by atoms with E-state index in [2.05, 4.69) is 12.2 Å². The van der Waals surface area contributed by atoms with Gasteiger partial charge in [0.1, 0.15) is 0 Å². The molecule has 1 saturated heterocycles. The first-order chi connectivity index (χ1) is 9.13. The van der Waals surface area contributed by atoms with Gasteiger partial charge in [0, 0.05) is 6.42 Å². The van der Waals surface area contributed by atoms with Crippen molar-refractivity contribution in [2.75, 3.05) is 0 Å². The molecule has 1 aromatic carbocycles. The monoisotopic (exact) mass is 257 g/mol. The third kappa shape index (κ3) is 1.88. The maximum Gasteiger partial charge on any atom is 0.234 e. The highest BCUT2D eigenvalue weighted by atomic mass is 16.2. The lowest BCUT2D eigenvalue weighted by Gasteiger charge is -2.43. The minimum atomic E-state index is -0.177. The minimum absolute atomic E-state index is 0.106.